The number of rotatable bonds is 9. The Morgan fingerprint density at radius 1 is 1.11 bits per heavy atom. The third kappa shape index (κ3) is 5.67. The minimum Gasteiger partial charge on any atom is -0.494 e. The smallest absolute Gasteiger partial charge is 0.276 e. The third-order valence-corrected chi connectivity index (χ3v) is 4.15. The number of anilines is 1. The van der Waals surface area contributed by atoms with Gasteiger partial charge in [0.05, 0.1) is 0 Å². The average molecular weight is 386 g/mol. The number of H-pyrrole nitrogens is 1. The highest BCUT2D eigenvalue weighted by Gasteiger charge is 2.22. The average Bonchev–Trinajstić information content (AvgIpc) is 2.65. The molecule has 1 aliphatic heterocycles. The second-order valence-corrected chi connectivity index (χ2v) is 6.43. The molecule has 2 heterocycles. The van der Waals surface area contributed by atoms with Crippen molar-refractivity contribution in [3.8, 4) is 5.88 Å². The van der Waals surface area contributed by atoms with E-state index in [2.05, 4.69) is 20.6 Å². The fraction of sp³-hybridized carbons (Fsp3) is 0.400. The lowest BCUT2D eigenvalue weighted by Crippen LogP contribution is -2.40. The van der Waals surface area contributed by atoms with E-state index >= 15 is 0 Å². The zero-order valence-electron chi connectivity index (χ0n) is 16.2. The van der Waals surface area contributed by atoms with Crippen molar-refractivity contribution >= 4 is 29.3 Å². The van der Waals surface area contributed by atoms with E-state index in [0.29, 0.717) is 24.3 Å². The number of hydrogen-bond donors (Lipinski definition) is 4. The summed E-state index contributed by atoms with van der Waals surface area (Å²) in [7, 11) is 0. The van der Waals surface area contributed by atoms with Crippen LogP contribution in [-0.2, 0) is 9.59 Å². The molecule has 4 N–H and O–H groups in total. The van der Waals surface area contributed by atoms with Crippen LogP contribution in [0.2, 0.25) is 0 Å². The summed E-state index contributed by atoms with van der Waals surface area (Å²) in [5.74, 6) is -1.36. The lowest BCUT2D eigenvalue weighted by molar-refractivity contribution is -0.125. The Labute approximate surface area is 163 Å². The molecular formula is C20H26N4O4. The highest BCUT2D eigenvalue weighted by atomic mass is 16.3. The molecule has 2 amide bonds. The van der Waals surface area contributed by atoms with Gasteiger partial charge in [-0.15, -0.1) is 0 Å². The Balaban J connectivity index is 2.25. The van der Waals surface area contributed by atoms with Crippen LogP contribution in [0.1, 0.15) is 45.1 Å². The van der Waals surface area contributed by atoms with Crippen LogP contribution in [0.3, 0.4) is 0 Å². The van der Waals surface area contributed by atoms with Gasteiger partial charge < -0.3 is 10.4 Å². The predicted octanol–water partition coefficient (Wildman–Crippen LogP) is 2.13. The van der Waals surface area contributed by atoms with Crippen molar-refractivity contribution in [2.24, 2.45) is 4.99 Å². The number of unbranched alkanes of at least 4 members (excludes halogenated alkanes) is 2. The lowest BCUT2D eigenvalue weighted by atomic mass is 10.1. The van der Waals surface area contributed by atoms with E-state index in [1.165, 1.54) is 24.3 Å². The van der Waals surface area contributed by atoms with Crippen molar-refractivity contribution in [1.82, 2.24) is 10.3 Å². The molecule has 1 aromatic heterocycles. The molecule has 8 heteroatoms. The van der Waals surface area contributed by atoms with Crippen LogP contribution >= 0.6 is 0 Å². The normalized spacial score (nSPS) is 15.8. The van der Waals surface area contributed by atoms with Crippen molar-refractivity contribution in [1.29, 1.82) is 0 Å². The summed E-state index contributed by atoms with van der Waals surface area (Å²) >= 11 is 0. The number of carbonyl (C=O) groups is 2. The number of imide groups is 1. The van der Waals surface area contributed by atoms with Gasteiger partial charge in [0.1, 0.15) is 11.4 Å². The van der Waals surface area contributed by atoms with Crippen molar-refractivity contribution in [2.45, 2.75) is 39.5 Å². The van der Waals surface area contributed by atoms with Crippen molar-refractivity contribution in [3.05, 3.63) is 39.7 Å². The molecule has 0 unspecified atom stereocenters. The van der Waals surface area contributed by atoms with Gasteiger partial charge in [0.2, 0.25) is 0 Å². The van der Waals surface area contributed by atoms with Gasteiger partial charge in [-0.05, 0) is 37.1 Å². The van der Waals surface area contributed by atoms with Crippen LogP contribution < -0.4 is 16.2 Å². The fourth-order valence-electron chi connectivity index (χ4n) is 2.49. The quantitative estimate of drug-likeness (QED) is 0.382. The topological polar surface area (TPSA) is 124 Å². The molecule has 150 valence electrons. The van der Waals surface area contributed by atoms with Gasteiger partial charge in [0.15, 0.2) is 5.88 Å². The summed E-state index contributed by atoms with van der Waals surface area (Å²) in [5.41, 5.74) is 0.691. The predicted molar refractivity (Wildman–Crippen MR) is 110 cm³/mol. The molecule has 0 spiro atoms. The minimum absolute atomic E-state index is 0.195. The van der Waals surface area contributed by atoms with E-state index in [4.69, 9.17) is 0 Å². The summed E-state index contributed by atoms with van der Waals surface area (Å²) in [5, 5.41) is 15.3. The minimum atomic E-state index is -0.541. The molecule has 28 heavy (non-hydrogen) atoms. The van der Waals surface area contributed by atoms with E-state index in [-0.39, 0.29) is 17.2 Å². The van der Waals surface area contributed by atoms with Crippen LogP contribution in [0, 0.1) is 0 Å². The third-order valence-electron chi connectivity index (χ3n) is 4.15. The Hall–Kier alpha value is -3.16. The maximum atomic E-state index is 12.0. The standard InChI is InChI=1S/C20H26N4O4/c1-3-5-9-21-15-11-13(17(25)23-19(15)27)7-8-14-12-16(22-10-6-4-2)20(28)24-18(14)26/h7-8,11-12,21H,3-6,9-10H2,1-2H3,(H2,23,25,27)(H,24,26,28)/b8-7+,22-16?. The molecule has 1 aliphatic rings. The number of hydrogen-bond acceptors (Lipinski definition) is 6. The summed E-state index contributed by atoms with van der Waals surface area (Å²) in [4.78, 5) is 42.4. The van der Waals surface area contributed by atoms with E-state index in [9.17, 15) is 19.5 Å². The molecule has 0 saturated carbocycles. The number of aromatic nitrogens is 1. The van der Waals surface area contributed by atoms with Crippen molar-refractivity contribution in [3.63, 3.8) is 0 Å². The first kappa shape index (κ1) is 21.1. The van der Waals surface area contributed by atoms with Crippen molar-refractivity contribution < 1.29 is 14.7 Å². The molecule has 1 aromatic rings. The van der Waals surface area contributed by atoms with E-state index in [1.807, 2.05) is 13.8 Å². The first-order chi connectivity index (χ1) is 13.5. The van der Waals surface area contributed by atoms with Gasteiger partial charge in [-0.2, -0.15) is 0 Å². The number of aliphatic imine (C=N–C) groups is 1. The van der Waals surface area contributed by atoms with E-state index in [1.54, 1.807) is 0 Å². The van der Waals surface area contributed by atoms with Gasteiger partial charge in [-0.1, -0.05) is 26.7 Å². The largest absolute Gasteiger partial charge is 0.494 e. The Morgan fingerprint density at radius 3 is 2.57 bits per heavy atom. The van der Waals surface area contributed by atoms with Crippen LogP contribution in [0.5, 0.6) is 5.88 Å². The summed E-state index contributed by atoms with van der Waals surface area (Å²) in [6.45, 7) is 5.22. The number of aromatic hydroxyl groups is 1. The highest BCUT2D eigenvalue weighted by molar-refractivity contribution is 6.49. The maximum Gasteiger partial charge on any atom is 0.276 e. The van der Waals surface area contributed by atoms with Gasteiger partial charge in [0, 0.05) is 24.2 Å². The first-order valence-corrected chi connectivity index (χ1v) is 9.46. The molecule has 0 radical (unpaired) electrons. The Morgan fingerprint density at radius 2 is 1.86 bits per heavy atom. The zero-order valence-corrected chi connectivity index (χ0v) is 16.2. The van der Waals surface area contributed by atoms with Crippen LogP contribution in [0.4, 0.5) is 5.69 Å². The van der Waals surface area contributed by atoms with Gasteiger partial charge in [0.25, 0.3) is 17.4 Å². The van der Waals surface area contributed by atoms with Gasteiger partial charge >= 0.3 is 0 Å². The summed E-state index contributed by atoms with van der Waals surface area (Å²) in [6.07, 6.45) is 8.10. The maximum absolute atomic E-state index is 12.0. The molecule has 0 saturated heterocycles. The van der Waals surface area contributed by atoms with Gasteiger partial charge in [-0.25, -0.2) is 0 Å². The van der Waals surface area contributed by atoms with E-state index in [0.717, 1.165) is 25.7 Å². The Kier molecular flexibility index (Phi) is 7.74. The lowest BCUT2D eigenvalue weighted by Gasteiger charge is -2.12. The molecule has 8 nitrogen and oxygen atoms in total. The highest BCUT2D eigenvalue weighted by Crippen LogP contribution is 2.18. The summed E-state index contributed by atoms with van der Waals surface area (Å²) < 4.78 is 0. The number of pyridine rings is 1. The SMILES string of the molecule is CCCCN=C1C=C(/C=C/c2cc(NCCCC)c(=O)[nH]c2O)C(=O)NC1=O. The van der Waals surface area contributed by atoms with Crippen molar-refractivity contribution in [2.75, 3.05) is 18.4 Å². The molecule has 0 bridgehead atoms. The number of nitrogens with zero attached hydrogens (tertiary/aromatic N) is 1. The number of nitrogens with one attached hydrogen (secondary N) is 3. The molecule has 0 aromatic carbocycles. The number of amides is 2. The number of aromatic amines is 1. The van der Waals surface area contributed by atoms with E-state index < -0.39 is 17.4 Å². The Bertz CT molecular complexity index is 881. The molecule has 2 rings (SSSR count). The fourth-order valence-corrected chi connectivity index (χ4v) is 2.49. The molecule has 0 aliphatic carbocycles. The second kappa shape index (κ2) is 10.2. The zero-order chi connectivity index (χ0) is 20.5. The van der Waals surface area contributed by atoms with Crippen LogP contribution in [0.15, 0.2) is 33.6 Å². The first-order valence-electron chi connectivity index (χ1n) is 9.46. The van der Waals surface area contributed by atoms with Crippen LogP contribution in [0.25, 0.3) is 6.08 Å². The van der Waals surface area contributed by atoms with Crippen LogP contribution in [-0.4, -0.2) is 40.7 Å². The molecular weight excluding hydrogens is 360 g/mol. The monoisotopic (exact) mass is 386 g/mol. The van der Waals surface area contributed by atoms with Gasteiger partial charge in [-0.3, -0.25) is 29.7 Å². The molecule has 0 fully saturated rings. The summed E-state index contributed by atoms with van der Waals surface area (Å²) in [6, 6.07) is 1.52. The number of carbonyl (C=O) groups excluding carboxylic acids is 2. The molecule has 0 atom stereocenters. The second-order valence-electron chi connectivity index (χ2n) is 6.43.